The Bertz CT molecular complexity index is 510. The maximum Gasteiger partial charge on any atom is 0.140 e. The van der Waals surface area contributed by atoms with Gasteiger partial charge in [-0.2, -0.15) is 0 Å². The summed E-state index contributed by atoms with van der Waals surface area (Å²) < 4.78 is 0. The van der Waals surface area contributed by atoms with Gasteiger partial charge in [-0.1, -0.05) is 0 Å². The lowest BCUT2D eigenvalue weighted by atomic mass is 10.1. The second kappa shape index (κ2) is 4.81. The van der Waals surface area contributed by atoms with Gasteiger partial charge in [-0.15, -0.1) is 0 Å². The second-order valence-electron chi connectivity index (χ2n) is 5.38. The van der Waals surface area contributed by atoms with Gasteiger partial charge in [0.25, 0.3) is 0 Å². The van der Waals surface area contributed by atoms with Crippen LogP contribution in [0.3, 0.4) is 0 Å². The van der Waals surface area contributed by atoms with Gasteiger partial charge >= 0.3 is 0 Å². The summed E-state index contributed by atoms with van der Waals surface area (Å²) in [6.45, 7) is 0.670. The van der Waals surface area contributed by atoms with E-state index in [-0.39, 0.29) is 12.4 Å². The Balaban J connectivity index is 2.04. The Morgan fingerprint density at radius 2 is 2.26 bits per heavy atom. The highest BCUT2D eigenvalue weighted by atomic mass is 16.3. The van der Waals surface area contributed by atoms with Crippen LogP contribution in [0.15, 0.2) is 6.07 Å². The predicted molar refractivity (Wildman–Crippen MR) is 74.7 cm³/mol. The largest absolute Gasteiger partial charge is 0.395 e. The zero-order chi connectivity index (χ0) is 13.4. The summed E-state index contributed by atoms with van der Waals surface area (Å²) in [5.41, 5.74) is 8.81. The minimum absolute atomic E-state index is 0.0702. The molecule has 4 N–H and O–H groups in total. The van der Waals surface area contributed by atoms with Crippen LogP contribution in [0.1, 0.15) is 36.1 Å². The fourth-order valence-corrected chi connectivity index (χ4v) is 2.83. The first-order chi connectivity index (χ1) is 9.20. The molecule has 1 aromatic heterocycles. The number of aliphatic hydroxyl groups is 1. The van der Waals surface area contributed by atoms with Crippen LogP contribution in [0.25, 0.3) is 0 Å². The number of fused-ring (bicyclic) bond motifs is 1. The van der Waals surface area contributed by atoms with Crippen molar-refractivity contribution in [3.8, 4) is 0 Å². The Morgan fingerprint density at radius 3 is 2.89 bits per heavy atom. The molecule has 0 aliphatic heterocycles. The summed E-state index contributed by atoms with van der Waals surface area (Å²) in [7, 11) is 0. The molecule has 1 aromatic rings. The van der Waals surface area contributed by atoms with Crippen LogP contribution in [0.2, 0.25) is 0 Å². The van der Waals surface area contributed by atoms with Gasteiger partial charge in [0.15, 0.2) is 0 Å². The molecule has 2 aliphatic rings. The molecule has 0 bridgehead atoms. The molecule has 0 amide bonds. The number of nitrogens with zero attached hydrogens (tertiary/aromatic N) is 2. The highest BCUT2D eigenvalue weighted by Crippen LogP contribution is 2.34. The summed E-state index contributed by atoms with van der Waals surface area (Å²) in [6.07, 6.45) is 5.45. The topological polar surface area (TPSA) is 86.2 Å². The van der Waals surface area contributed by atoms with Crippen LogP contribution >= 0.6 is 0 Å². The molecule has 0 radical (unpaired) electrons. The number of anilines is 1. The molecular formula is C14H20N4O. The molecule has 1 heterocycles. The first-order valence-corrected chi connectivity index (χ1v) is 6.95. The average Bonchev–Trinajstić information content (AvgIpc) is 3.12. The Hall–Kier alpha value is -1.62. The summed E-state index contributed by atoms with van der Waals surface area (Å²) in [5, 5.41) is 17.0. The highest BCUT2D eigenvalue weighted by Gasteiger charge is 2.32. The zero-order valence-electron chi connectivity index (χ0n) is 11.0. The monoisotopic (exact) mass is 260 g/mol. The predicted octanol–water partition coefficient (Wildman–Crippen LogP) is 0.815. The number of nitrogens with two attached hydrogens (primary N) is 1. The van der Waals surface area contributed by atoms with Crippen molar-refractivity contribution >= 4 is 11.7 Å². The summed E-state index contributed by atoms with van der Waals surface area (Å²) in [4.78, 5) is 6.87. The van der Waals surface area contributed by atoms with Crippen LogP contribution in [-0.2, 0) is 12.8 Å². The number of aryl methyl sites for hydroxylation is 2. The summed E-state index contributed by atoms with van der Waals surface area (Å²) >= 11 is 0. The SMILES string of the molecule is N=C(N)c1cc2c(nc1N(CCO)C1CC1)CCC2. The number of aromatic nitrogens is 1. The van der Waals surface area contributed by atoms with Crippen molar-refractivity contribution in [2.45, 2.75) is 38.1 Å². The van der Waals surface area contributed by atoms with Gasteiger partial charge in [0, 0.05) is 18.3 Å². The molecule has 5 heteroatoms. The number of rotatable bonds is 5. The van der Waals surface area contributed by atoms with Gasteiger partial charge in [-0.05, 0) is 43.7 Å². The molecule has 0 spiro atoms. The second-order valence-corrected chi connectivity index (χ2v) is 5.38. The van der Waals surface area contributed by atoms with E-state index in [2.05, 4.69) is 4.90 Å². The van der Waals surface area contributed by atoms with Crippen molar-refractivity contribution in [1.29, 1.82) is 5.41 Å². The number of aliphatic hydroxyl groups excluding tert-OH is 1. The van der Waals surface area contributed by atoms with Crippen LogP contribution in [0, 0.1) is 5.41 Å². The zero-order valence-corrected chi connectivity index (χ0v) is 11.0. The van der Waals surface area contributed by atoms with Gasteiger partial charge in [0.05, 0.1) is 12.2 Å². The minimum atomic E-state index is 0.0702. The van der Waals surface area contributed by atoms with E-state index in [0.29, 0.717) is 12.6 Å². The third kappa shape index (κ3) is 2.30. The quantitative estimate of drug-likeness (QED) is 0.540. The molecule has 3 rings (SSSR count). The van der Waals surface area contributed by atoms with Gasteiger partial charge in [-0.3, -0.25) is 5.41 Å². The first-order valence-electron chi connectivity index (χ1n) is 6.95. The van der Waals surface area contributed by atoms with Crippen molar-refractivity contribution < 1.29 is 5.11 Å². The molecule has 0 unspecified atom stereocenters. The standard InChI is InChI=1S/C14H20N4O/c15-13(16)11-8-9-2-1-3-12(9)17-14(11)18(6-7-19)10-4-5-10/h8,10,19H,1-7H2,(H3,15,16). The molecule has 0 saturated heterocycles. The van der Waals surface area contributed by atoms with Crippen molar-refractivity contribution in [1.82, 2.24) is 4.98 Å². The maximum absolute atomic E-state index is 9.24. The normalized spacial score (nSPS) is 17.3. The van der Waals surface area contributed by atoms with Gasteiger partial charge < -0.3 is 15.7 Å². The van der Waals surface area contributed by atoms with Gasteiger partial charge in [0.1, 0.15) is 11.7 Å². The van der Waals surface area contributed by atoms with Gasteiger partial charge in [0.2, 0.25) is 0 Å². The third-order valence-electron chi connectivity index (χ3n) is 3.92. The average molecular weight is 260 g/mol. The van der Waals surface area contributed by atoms with Crippen LogP contribution in [-0.4, -0.2) is 35.1 Å². The fourth-order valence-electron chi connectivity index (χ4n) is 2.83. The first kappa shape index (κ1) is 12.4. The lowest BCUT2D eigenvalue weighted by Crippen LogP contribution is -2.32. The van der Waals surface area contributed by atoms with E-state index < -0.39 is 0 Å². The van der Waals surface area contributed by atoms with E-state index in [1.807, 2.05) is 6.07 Å². The summed E-state index contributed by atoms with van der Waals surface area (Å²) in [5.74, 6) is 0.866. The number of hydrogen-bond acceptors (Lipinski definition) is 4. The van der Waals surface area contributed by atoms with Crippen LogP contribution in [0.5, 0.6) is 0 Å². The Morgan fingerprint density at radius 1 is 1.47 bits per heavy atom. The number of nitrogen functional groups attached to an aromatic ring is 1. The fraction of sp³-hybridized carbons (Fsp3) is 0.571. The maximum atomic E-state index is 9.24. The van der Waals surface area contributed by atoms with Crippen LogP contribution < -0.4 is 10.6 Å². The molecule has 5 nitrogen and oxygen atoms in total. The number of amidine groups is 1. The minimum Gasteiger partial charge on any atom is -0.395 e. The molecule has 102 valence electrons. The molecule has 1 fully saturated rings. The number of nitrogens with one attached hydrogen (secondary N) is 1. The highest BCUT2D eigenvalue weighted by molar-refractivity contribution is 6.00. The molecule has 1 saturated carbocycles. The van der Waals surface area contributed by atoms with Crippen molar-refractivity contribution in [2.75, 3.05) is 18.1 Å². The van der Waals surface area contributed by atoms with E-state index in [9.17, 15) is 5.11 Å². The van der Waals surface area contributed by atoms with Crippen molar-refractivity contribution in [2.24, 2.45) is 5.73 Å². The van der Waals surface area contributed by atoms with E-state index in [1.165, 1.54) is 5.56 Å². The van der Waals surface area contributed by atoms with Crippen LogP contribution in [0.4, 0.5) is 5.82 Å². The smallest absolute Gasteiger partial charge is 0.140 e. The van der Waals surface area contributed by atoms with Crippen molar-refractivity contribution in [3.05, 3.63) is 22.9 Å². The lowest BCUT2D eigenvalue weighted by Gasteiger charge is -2.25. The Kier molecular flexibility index (Phi) is 3.14. The molecule has 0 aromatic carbocycles. The lowest BCUT2D eigenvalue weighted by molar-refractivity contribution is 0.301. The van der Waals surface area contributed by atoms with E-state index >= 15 is 0 Å². The Labute approximate surface area is 113 Å². The summed E-state index contributed by atoms with van der Waals surface area (Å²) in [6, 6.07) is 2.48. The van der Waals surface area contributed by atoms with E-state index in [4.69, 9.17) is 16.1 Å². The molecular weight excluding hydrogens is 240 g/mol. The molecule has 2 aliphatic carbocycles. The van der Waals surface area contributed by atoms with Gasteiger partial charge in [-0.25, -0.2) is 4.98 Å². The molecule has 0 atom stereocenters. The number of hydrogen-bond donors (Lipinski definition) is 3. The van der Waals surface area contributed by atoms with Crippen molar-refractivity contribution in [3.63, 3.8) is 0 Å². The van der Waals surface area contributed by atoms with E-state index in [1.54, 1.807) is 0 Å². The third-order valence-corrected chi connectivity index (χ3v) is 3.92. The molecule has 19 heavy (non-hydrogen) atoms. The van der Waals surface area contributed by atoms with E-state index in [0.717, 1.165) is 49.2 Å². The number of pyridine rings is 1.